The zero-order valence-electron chi connectivity index (χ0n) is 21.9. The molecule has 6 heteroatoms. The zero-order chi connectivity index (χ0) is 23.3. The van der Waals surface area contributed by atoms with Gasteiger partial charge in [-0.15, -0.1) is 0 Å². The Labute approximate surface area is 188 Å². The molecular weight excluding hydrogens is 408 g/mol. The van der Waals surface area contributed by atoms with Crippen LogP contribution in [0.25, 0.3) is 0 Å². The van der Waals surface area contributed by atoms with Gasteiger partial charge in [0.15, 0.2) is 0 Å². The van der Waals surface area contributed by atoms with E-state index < -0.39 is 16.9 Å². The Morgan fingerprint density at radius 3 is 1.80 bits per heavy atom. The number of allylic oxidation sites excluding steroid dienone is 1. The van der Waals surface area contributed by atoms with Crippen LogP contribution in [0.1, 0.15) is 90.0 Å². The predicted octanol–water partition coefficient (Wildman–Crippen LogP) is 7.31. The van der Waals surface area contributed by atoms with E-state index >= 15 is 0 Å². The maximum Gasteiger partial charge on any atom is 0.349 e. The quantitative estimate of drug-likeness (QED) is 0.406. The molecule has 0 aromatic heterocycles. The van der Waals surface area contributed by atoms with Crippen molar-refractivity contribution >= 4 is 16.9 Å². The first-order valence-corrected chi connectivity index (χ1v) is 15.8. The molecule has 0 spiro atoms. The Bertz CT molecular complexity index is 592. The Hall–Kier alpha value is -0.146. The largest absolute Gasteiger partial charge is 0.490 e. The van der Waals surface area contributed by atoms with Crippen LogP contribution >= 0.6 is 0 Å². The molecular formula is C24H48O4Si2. The molecule has 2 aliphatic heterocycles. The second-order valence-corrected chi connectivity index (χ2v) is 22.5. The molecule has 0 aromatic rings. The van der Waals surface area contributed by atoms with Crippen molar-refractivity contribution in [1.82, 2.24) is 0 Å². The van der Waals surface area contributed by atoms with E-state index in [4.69, 9.17) is 18.0 Å². The average Bonchev–Trinajstić information content (AvgIpc) is 2.55. The molecule has 0 aromatic carbocycles. The minimum Gasteiger partial charge on any atom is -0.490 e. The van der Waals surface area contributed by atoms with Crippen molar-refractivity contribution in [3.05, 3.63) is 11.8 Å². The molecule has 0 unspecified atom stereocenters. The molecule has 1 saturated heterocycles. The summed E-state index contributed by atoms with van der Waals surface area (Å²) in [4.78, 5) is 0. The van der Waals surface area contributed by atoms with Gasteiger partial charge in [-0.25, -0.2) is 0 Å². The van der Waals surface area contributed by atoms with E-state index in [1.54, 1.807) is 0 Å². The van der Waals surface area contributed by atoms with Crippen LogP contribution in [0.3, 0.4) is 0 Å². The van der Waals surface area contributed by atoms with Crippen molar-refractivity contribution in [2.24, 2.45) is 0 Å². The highest BCUT2D eigenvalue weighted by Crippen LogP contribution is 2.55. The van der Waals surface area contributed by atoms with Gasteiger partial charge in [-0.1, -0.05) is 83.1 Å². The molecule has 2 aliphatic rings. The molecule has 0 aliphatic carbocycles. The smallest absolute Gasteiger partial charge is 0.349 e. The van der Waals surface area contributed by atoms with E-state index in [-0.39, 0.29) is 28.4 Å². The molecule has 176 valence electrons. The standard InChI is InChI=1S/C24H48O4Si2/c1-16(2)29(17(3)4,18(5)6)27-20-14-19(7)26-21-15-25-30(23(8,9)10,24(11,12)13)28-22(20)21/h14,16-18,20-22H,15H2,1-13H3/t20-,21-,22+/m1/s1. The molecule has 0 N–H and O–H groups in total. The monoisotopic (exact) mass is 456 g/mol. The first-order chi connectivity index (χ1) is 13.5. The van der Waals surface area contributed by atoms with Crippen molar-refractivity contribution in [3.63, 3.8) is 0 Å². The molecule has 4 nitrogen and oxygen atoms in total. The summed E-state index contributed by atoms with van der Waals surface area (Å²) < 4.78 is 27.2. The summed E-state index contributed by atoms with van der Waals surface area (Å²) in [5.74, 6) is 0.924. The van der Waals surface area contributed by atoms with Crippen LogP contribution in [0.2, 0.25) is 26.7 Å². The number of hydrogen-bond acceptors (Lipinski definition) is 4. The zero-order valence-corrected chi connectivity index (χ0v) is 23.9. The van der Waals surface area contributed by atoms with Gasteiger partial charge in [0, 0.05) is 10.1 Å². The lowest BCUT2D eigenvalue weighted by atomic mass is 10.1. The third-order valence-electron chi connectivity index (χ3n) is 7.20. The summed E-state index contributed by atoms with van der Waals surface area (Å²) in [7, 11) is -4.65. The maximum absolute atomic E-state index is 7.25. The van der Waals surface area contributed by atoms with Crippen molar-refractivity contribution in [2.45, 2.75) is 135 Å². The molecule has 2 heterocycles. The van der Waals surface area contributed by atoms with E-state index in [1.165, 1.54) is 0 Å². The van der Waals surface area contributed by atoms with Crippen LogP contribution in [0, 0.1) is 0 Å². The number of rotatable bonds is 5. The fourth-order valence-corrected chi connectivity index (χ4v) is 16.7. The van der Waals surface area contributed by atoms with Gasteiger partial charge in [0.05, 0.1) is 18.5 Å². The second-order valence-electron chi connectivity index (χ2n) is 12.3. The molecule has 0 bridgehead atoms. The highest BCUT2D eigenvalue weighted by Gasteiger charge is 2.64. The van der Waals surface area contributed by atoms with E-state index in [0.717, 1.165) is 5.76 Å². The third kappa shape index (κ3) is 4.36. The van der Waals surface area contributed by atoms with E-state index in [2.05, 4.69) is 89.2 Å². The fourth-order valence-electron chi connectivity index (χ4n) is 6.24. The summed E-state index contributed by atoms with van der Waals surface area (Å²) in [6.45, 7) is 30.2. The normalized spacial score (nSPS) is 27.9. The van der Waals surface area contributed by atoms with Gasteiger partial charge in [-0.2, -0.15) is 0 Å². The van der Waals surface area contributed by atoms with Crippen molar-refractivity contribution in [3.8, 4) is 0 Å². The lowest BCUT2D eigenvalue weighted by Crippen LogP contribution is -2.68. The maximum atomic E-state index is 7.25. The Morgan fingerprint density at radius 2 is 1.40 bits per heavy atom. The van der Waals surface area contributed by atoms with Gasteiger partial charge in [0.2, 0.25) is 8.32 Å². The van der Waals surface area contributed by atoms with Crippen molar-refractivity contribution < 1.29 is 18.0 Å². The molecule has 0 radical (unpaired) electrons. The molecule has 30 heavy (non-hydrogen) atoms. The van der Waals surface area contributed by atoms with Gasteiger partial charge in [0.25, 0.3) is 0 Å². The first kappa shape index (κ1) is 26.1. The summed E-state index contributed by atoms with van der Waals surface area (Å²) in [5.41, 5.74) is 1.58. The van der Waals surface area contributed by atoms with Gasteiger partial charge >= 0.3 is 8.56 Å². The van der Waals surface area contributed by atoms with Crippen LogP contribution in [0.4, 0.5) is 0 Å². The summed E-state index contributed by atoms with van der Waals surface area (Å²) in [5, 5.41) is -0.112. The van der Waals surface area contributed by atoms with Crippen LogP contribution in [0.15, 0.2) is 11.8 Å². The summed E-state index contributed by atoms with van der Waals surface area (Å²) in [6.07, 6.45) is 1.87. The Kier molecular flexibility index (Phi) is 7.53. The van der Waals surface area contributed by atoms with Crippen LogP contribution in [-0.2, 0) is 18.0 Å². The van der Waals surface area contributed by atoms with Gasteiger partial charge in [-0.05, 0) is 29.6 Å². The molecule has 3 atom stereocenters. The van der Waals surface area contributed by atoms with E-state index in [9.17, 15) is 0 Å². The van der Waals surface area contributed by atoms with Crippen LogP contribution in [-0.4, -0.2) is 41.8 Å². The number of hydrogen-bond donors (Lipinski definition) is 0. The minimum absolute atomic E-state index is 0.0559. The van der Waals surface area contributed by atoms with Crippen LogP contribution < -0.4 is 0 Å². The van der Waals surface area contributed by atoms with Crippen LogP contribution in [0.5, 0.6) is 0 Å². The van der Waals surface area contributed by atoms with Gasteiger partial charge in [-0.3, -0.25) is 0 Å². The van der Waals surface area contributed by atoms with Crippen molar-refractivity contribution in [2.75, 3.05) is 6.61 Å². The fraction of sp³-hybridized carbons (Fsp3) is 0.917. The third-order valence-corrected chi connectivity index (χ3v) is 18.4. The molecule has 1 fully saturated rings. The van der Waals surface area contributed by atoms with E-state index in [0.29, 0.717) is 23.2 Å². The van der Waals surface area contributed by atoms with Gasteiger partial charge in [0.1, 0.15) is 12.2 Å². The lowest BCUT2D eigenvalue weighted by molar-refractivity contribution is -0.127. The first-order valence-electron chi connectivity index (χ1n) is 11.8. The topological polar surface area (TPSA) is 36.9 Å². The highest BCUT2D eigenvalue weighted by molar-refractivity contribution is 6.77. The highest BCUT2D eigenvalue weighted by atomic mass is 28.4. The Balaban J connectivity index is 2.51. The SMILES string of the molecule is CC1=C[C@@H](O[Si](C(C)C)(C(C)C)C(C)C)[C@@H]2O[Si](C(C)(C)C)(C(C)(C)C)OC[C@H]2O1. The summed E-state index contributed by atoms with van der Waals surface area (Å²) in [6, 6.07) is 0. The average molecular weight is 457 g/mol. The second kappa shape index (κ2) is 8.66. The van der Waals surface area contributed by atoms with E-state index in [1.807, 2.05) is 6.92 Å². The van der Waals surface area contributed by atoms with Crippen molar-refractivity contribution in [1.29, 1.82) is 0 Å². The minimum atomic E-state index is -2.59. The predicted molar refractivity (Wildman–Crippen MR) is 131 cm³/mol. The molecule has 2 rings (SSSR count). The summed E-state index contributed by atoms with van der Waals surface area (Å²) >= 11 is 0. The van der Waals surface area contributed by atoms with Gasteiger partial charge < -0.3 is 18.0 Å². The Morgan fingerprint density at radius 1 is 0.933 bits per heavy atom. The number of ether oxygens (including phenoxy) is 1. The lowest BCUT2D eigenvalue weighted by Gasteiger charge is -2.57. The number of fused-ring (bicyclic) bond motifs is 1. The molecule has 0 amide bonds. The molecule has 0 saturated carbocycles.